The van der Waals surface area contributed by atoms with Crippen LogP contribution >= 0.6 is 24.0 Å². The van der Waals surface area contributed by atoms with Gasteiger partial charge in [-0.25, -0.2) is 4.39 Å². The lowest BCUT2D eigenvalue weighted by molar-refractivity contribution is 0.421. The first-order valence-electron chi connectivity index (χ1n) is 9.25. The highest BCUT2D eigenvalue weighted by atomic mass is 127. The molecule has 0 saturated carbocycles. The molecule has 0 spiro atoms. The van der Waals surface area contributed by atoms with Crippen LogP contribution in [-0.4, -0.2) is 40.7 Å². The van der Waals surface area contributed by atoms with Crippen LogP contribution in [0.4, 0.5) is 4.39 Å². The largest absolute Gasteiger partial charge is 0.357 e. The summed E-state index contributed by atoms with van der Waals surface area (Å²) in [6.45, 7) is 3.91. The number of pyridine rings is 1. The van der Waals surface area contributed by atoms with E-state index in [4.69, 9.17) is 4.52 Å². The van der Waals surface area contributed by atoms with Crippen molar-refractivity contribution in [1.29, 1.82) is 0 Å². The maximum absolute atomic E-state index is 13.2. The number of benzene rings is 1. The number of nitrogens with zero attached hydrogens (tertiary/aromatic N) is 4. The molecule has 2 heterocycles. The standard InChI is InChI=1S/C20H23FN6O.HI/c1-2-22-20(24-12-9-15-6-5-7-16(21)14-15)25-13-10-18-26-19(28-27-18)17-8-3-4-11-23-17;/h3-8,11,14H,2,9-10,12-13H2,1H3,(H2,22,24,25);1H. The van der Waals surface area contributed by atoms with E-state index in [0.717, 1.165) is 12.1 Å². The second-order valence-electron chi connectivity index (χ2n) is 6.05. The molecule has 0 unspecified atom stereocenters. The average Bonchev–Trinajstić information content (AvgIpc) is 3.18. The van der Waals surface area contributed by atoms with Crippen molar-refractivity contribution in [1.82, 2.24) is 25.8 Å². The van der Waals surface area contributed by atoms with Gasteiger partial charge < -0.3 is 15.2 Å². The predicted molar refractivity (Wildman–Crippen MR) is 121 cm³/mol. The number of hydrogen-bond donors (Lipinski definition) is 2. The normalized spacial score (nSPS) is 11.0. The first kappa shape index (κ1) is 22.7. The summed E-state index contributed by atoms with van der Waals surface area (Å²) in [7, 11) is 0. The minimum atomic E-state index is -0.219. The molecule has 0 aliphatic carbocycles. The van der Waals surface area contributed by atoms with Crippen molar-refractivity contribution in [2.75, 3.05) is 19.6 Å². The number of rotatable bonds is 8. The van der Waals surface area contributed by atoms with Crippen molar-refractivity contribution in [2.45, 2.75) is 19.8 Å². The molecule has 29 heavy (non-hydrogen) atoms. The summed E-state index contributed by atoms with van der Waals surface area (Å²) < 4.78 is 18.5. The van der Waals surface area contributed by atoms with Crippen LogP contribution in [0.15, 0.2) is 58.2 Å². The Bertz CT molecular complexity index is 903. The van der Waals surface area contributed by atoms with E-state index in [9.17, 15) is 4.39 Å². The molecule has 0 aliphatic heterocycles. The van der Waals surface area contributed by atoms with Gasteiger partial charge in [0.2, 0.25) is 0 Å². The quantitative estimate of drug-likeness (QED) is 0.275. The Morgan fingerprint density at radius 2 is 2.03 bits per heavy atom. The van der Waals surface area contributed by atoms with Crippen molar-refractivity contribution in [3.8, 4) is 11.6 Å². The van der Waals surface area contributed by atoms with Gasteiger partial charge in [-0.1, -0.05) is 23.4 Å². The van der Waals surface area contributed by atoms with E-state index in [2.05, 4.69) is 30.8 Å². The van der Waals surface area contributed by atoms with Gasteiger partial charge in [-0.05, 0) is 43.2 Å². The van der Waals surface area contributed by atoms with Crippen LogP contribution < -0.4 is 10.6 Å². The Hall–Kier alpha value is -2.56. The number of aliphatic imine (C=N–C) groups is 1. The molecule has 0 atom stereocenters. The van der Waals surface area contributed by atoms with E-state index in [1.165, 1.54) is 6.07 Å². The van der Waals surface area contributed by atoms with Gasteiger partial charge in [0.05, 0.1) is 0 Å². The van der Waals surface area contributed by atoms with Crippen LogP contribution in [-0.2, 0) is 12.8 Å². The van der Waals surface area contributed by atoms with Crippen molar-refractivity contribution in [3.63, 3.8) is 0 Å². The minimum Gasteiger partial charge on any atom is -0.357 e. The summed E-state index contributed by atoms with van der Waals surface area (Å²) in [5, 5.41) is 10.4. The molecule has 0 amide bonds. The Balaban J connectivity index is 0.00000300. The Morgan fingerprint density at radius 1 is 1.14 bits per heavy atom. The van der Waals surface area contributed by atoms with Gasteiger partial charge in [0.1, 0.15) is 11.5 Å². The number of halogens is 2. The first-order chi connectivity index (χ1) is 13.7. The fourth-order valence-corrected chi connectivity index (χ4v) is 2.58. The third kappa shape index (κ3) is 7.41. The predicted octanol–water partition coefficient (Wildman–Crippen LogP) is 3.23. The van der Waals surface area contributed by atoms with Gasteiger partial charge in [0.25, 0.3) is 5.89 Å². The molecule has 0 fully saturated rings. The van der Waals surface area contributed by atoms with Gasteiger partial charge in [0.15, 0.2) is 11.8 Å². The summed E-state index contributed by atoms with van der Waals surface area (Å²) in [5.74, 6) is 1.47. The fourth-order valence-electron chi connectivity index (χ4n) is 2.58. The lowest BCUT2D eigenvalue weighted by Gasteiger charge is -2.11. The molecule has 1 aromatic carbocycles. The zero-order chi connectivity index (χ0) is 19.6. The highest BCUT2D eigenvalue weighted by Gasteiger charge is 2.09. The van der Waals surface area contributed by atoms with Crippen LogP contribution in [0.5, 0.6) is 0 Å². The summed E-state index contributed by atoms with van der Waals surface area (Å²) in [6.07, 6.45) is 2.94. The minimum absolute atomic E-state index is 0. The molecule has 7 nitrogen and oxygen atoms in total. The van der Waals surface area contributed by atoms with Crippen molar-refractivity contribution < 1.29 is 8.91 Å². The molecule has 2 N–H and O–H groups in total. The van der Waals surface area contributed by atoms with E-state index < -0.39 is 0 Å². The highest BCUT2D eigenvalue weighted by molar-refractivity contribution is 14.0. The van der Waals surface area contributed by atoms with Gasteiger partial charge in [-0.3, -0.25) is 9.98 Å². The molecular formula is C20H24FIN6O. The SMILES string of the molecule is CCNC(=NCCc1noc(-c2ccccn2)n1)NCCc1cccc(F)c1.I. The summed E-state index contributed by atoms with van der Waals surface area (Å²) in [5.41, 5.74) is 1.59. The Labute approximate surface area is 186 Å². The molecule has 0 bridgehead atoms. The number of aromatic nitrogens is 3. The maximum Gasteiger partial charge on any atom is 0.276 e. The van der Waals surface area contributed by atoms with Gasteiger partial charge >= 0.3 is 0 Å². The summed E-state index contributed by atoms with van der Waals surface area (Å²) in [6, 6.07) is 12.1. The van der Waals surface area contributed by atoms with Crippen molar-refractivity contribution >= 4 is 29.9 Å². The second-order valence-corrected chi connectivity index (χ2v) is 6.05. The van der Waals surface area contributed by atoms with Crippen LogP contribution in [0.2, 0.25) is 0 Å². The molecule has 2 aromatic heterocycles. The third-order valence-corrected chi connectivity index (χ3v) is 3.90. The maximum atomic E-state index is 13.2. The summed E-state index contributed by atoms with van der Waals surface area (Å²) >= 11 is 0. The van der Waals surface area contributed by atoms with E-state index in [-0.39, 0.29) is 29.8 Å². The summed E-state index contributed by atoms with van der Waals surface area (Å²) in [4.78, 5) is 13.1. The molecule has 3 aromatic rings. The van der Waals surface area contributed by atoms with Crippen molar-refractivity contribution in [3.05, 3.63) is 65.9 Å². The van der Waals surface area contributed by atoms with Gasteiger partial charge in [-0.15, -0.1) is 24.0 Å². The molecular weight excluding hydrogens is 486 g/mol. The zero-order valence-electron chi connectivity index (χ0n) is 16.1. The van der Waals surface area contributed by atoms with E-state index in [1.54, 1.807) is 18.3 Å². The fraction of sp³-hybridized carbons (Fsp3) is 0.300. The number of hydrogen-bond acceptors (Lipinski definition) is 5. The topological polar surface area (TPSA) is 88.2 Å². The molecule has 0 saturated heterocycles. The third-order valence-electron chi connectivity index (χ3n) is 3.90. The van der Waals surface area contributed by atoms with Gasteiger partial charge in [-0.2, -0.15) is 4.98 Å². The van der Waals surface area contributed by atoms with Crippen LogP contribution in [0.3, 0.4) is 0 Å². The lowest BCUT2D eigenvalue weighted by Crippen LogP contribution is -2.38. The highest BCUT2D eigenvalue weighted by Crippen LogP contribution is 2.13. The van der Waals surface area contributed by atoms with Crippen LogP contribution in [0, 0.1) is 5.82 Å². The van der Waals surface area contributed by atoms with Gasteiger partial charge in [0, 0.05) is 32.3 Å². The molecule has 154 valence electrons. The van der Waals surface area contributed by atoms with E-state index >= 15 is 0 Å². The molecule has 0 aliphatic rings. The van der Waals surface area contributed by atoms with E-state index in [0.29, 0.717) is 49.3 Å². The Kier molecular flexibility index (Phi) is 9.48. The number of guanidine groups is 1. The Morgan fingerprint density at radius 3 is 2.79 bits per heavy atom. The van der Waals surface area contributed by atoms with E-state index in [1.807, 2.05) is 31.2 Å². The van der Waals surface area contributed by atoms with Crippen LogP contribution in [0.1, 0.15) is 18.3 Å². The average molecular weight is 510 g/mol. The monoisotopic (exact) mass is 510 g/mol. The molecule has 0 radical (unpaired) electrons. The second kappa shape index (κ2) is 12.1. The molecule has 9 heteroatoms. The molecule has 3 rings (SSSR count). The zero-order valence-corrected chi connectivity index (χ0v) is 18.5. The number of nitrogens with one attached hydrogen (secondary N) is 2. The van der Waals surface area contributed by atoms with Crippen molar-refractivity contribution in [2.24, 2.45) is 4.99 Å². The smallest absolute Gasteiger partial charge is 0.276 e. The first-order valence-corrected chi connectivity index (χ1v) is 9.25. The lowest BCUT2D eigenvalue weighted by atomic mass is 10.1. The van der Waals surface area contributed by atoms with Crippen LogP contribution in [0.25, 0.3) is 11.6 Å².